The number of benzene rings is 9. The second kappa shape index (κ2) is 13.4. The first-order valence-electron chi connectivity index (χ1n) is 18.5. The third-order valence-corrected chi connectivity index (χ3v) is 10.6. The molecule has 54 heavy (non-hydrogen) atoms. The summed E-state index contributed by atoms with van der Waals surface area (Å²) in [6, 6.07) is 78.8. The highest BCUT2D eigenvalue weighted by molar-refractivity contribution is 6.09. The van der Waals surface area contributed by atoms with Gasteiger partial charge >= 0.3 is 0 Å². The summed E-state index contributed by atoms with van der Waals surface area (Å²) in [5.74, 6) is 0. The molecule has 2 nitrogen and oxygen atoms in total. The van der Waals surface area contributed by atoms with Crippen LogP contribution in [0.3, 0.4) is 0 Å². The van der Waals surface area contributed by atoms with E-state index in [1.54, 1.807) is 0 Å². The van der Waals surface area contributed by atoms with Crippen LogP contribution in [0.25, 0.3) is 71.6 Å². The topological polar surface area (TPSA) is 8.17 Å². The van der Waals surface area contributed by atoms with Gasteiger partial charge in [-0.25, -0.2) is 0 Å². The van der Waals surface area contributed by atoms with Gasteiger partial charge in [-0.3, -0.25) is 0 Å². The summed E-state index contributed by atoms with van der Waals surface area (Å²) in [7, 11) is 0. The largest absolute Gasteiger partial charge is 0.310 e. The molecule has 0 aliphatic heterocycles. The van der Waals surface area contributed by atoms with Crippen molar-refractivity contribution in [3.8, 4) is 39.1 Å². The lowest BCUT2D eigenvalue weighted by Crippen LogP contribution is -2.11. The summed E-state index contributed by atoms with van der Waals surface area (Å²) in [6.07, 6.45) is 0. The summed E-state index contributed by atoms with van der Waals surface area (Å²) in [4.78, 5) is 2.40. The van der Waals surface area contributed by atoms with E-state index in [1.807, 2.05) is 0 Å². The fraction of sp³-hybridized carbons (Fsp3) is 0. The zero-order chi connectivity index (χ0) is 35.8. The van der Waals surface area contributed by atoms with Crippen LogP contribution in [0.4, 0.5) is 17.1 Å². The minimum Gasteiger partial charge on any atom is -0.310 e. The van der Waals surface area contributed by atoms with Crippen LogP contribution in [0.5, 0.6) is 0 Å². The molecular formula is C52H36N2. The summed E-state index contributed by atoms with van der Waals surface area (Å²) in [5.41, 5.74) is 14.1. The monoisotopic (exact) mass is 688 g/mol. The molecule has 0 spiro atoms. The average molecular weight is 689 g/mol. The van der Waals surface area contributed by atoms with E-state index in [0.29, 0.717) is 0 Å². The van der Waals surface area contributed by atoms with E-state index in [1.165, 1.54) is 66.0 Å². The van der Waals surface area contributed by atoms with Crippen LogP contribution < -0.4 is 4.90 Å². The van der Waals surface area contributed by atoms with Crippen molar-refractivity contribution in [3.63, 3.8) is 0 Å². The van der Waals surface area contributed by atoms with Crippen LogP contribution in [0, 0.1) is 0 Å². The van der Waals surface area contributed by atoms with Gasteiger partial charge in [-0.15, -0.1) is 0 Å². The number of anilines is 3. The predicted molar refractivity (Wildman–Crippen MR) is 229 cm³/mol. The highest BCUT2D eigenvalue weighted by atomic mass is 15.1. The zero-order valence-corrected chi connectivity index (χ0v) is 29.7. The van der Waals surface area contributed by atoms with Crippen molar-refractivity contribution in [3.05, 3.63) is 218 Å². The Bertz CT molecular complexity index is 2840. The van der Waals surface area contributed by atoms with Gasteiger partial charge < -0.3 is 9.47 Å². The van der Waals surface area contributed by atoms with E-state index < -0.39 is 0 Å². The Balaban J connectivity index is 1.10. The van der Waals surface area contributed by atoms with Gasteiger partial charge in [-0.1, -0.05) is 164 Å². The Morgan fingerprint density at radius 3 is 1.39 bits per heavy atom. The van der Waals surface area contributed by atoms with Gasteiger partial charge in [0.2, 0.25) is 0 Å². The van der Waals surface area contributed by atoms with E-state index in [2.05, 4.69) is 228 Å². The first-order chi connectivity index (χ1) is 26.8. The zero-order valence-electron chi connectivity index (χ0n) is 29.7. The number of fused-ring (bicyclic) bond motifs is 4. The maximum absolute atomic E-state index is 2.40. The third-order valence-electron chi connectivity index (χ3n) is 10.6. The van der Waals surface area contributed by atoms with Crippen molar-refractivity contribution in [1.29, 1.82) is 0 Å². The molecule has 0 fully saturated rings. The van der Waals surface area contributed by atoms with E-state index in [9.17, 15) is 0 Å². The van der Waals surface area contributed by atoms with Crippen molar-refractivity contribution in [2.45, 2.75) is 0 Å². The molecule has 1 heterocycles. The maximum atomic E-state index is 2.40. The number of hydrogen-bond donors (Lipinski definition) is 0. The Morgan fingerprint density at radius 2 is 0.741 bits per heavy atom. The lowest BCUT2D eigenvalue weighted by molar-refractivity contribution is 1.17. The summed E-state index contributed by atoms with van der Waals surface area (Å²) < 4.78 is 2.38. The summed E-state index contributed by atoms with van der Waals surface area (Å²) in [6.45, 7) is 0. The number of rotatable bonds is 7. The lowest BCUT2D eigenvalue weighted by atomic mass is 9.96. The molecule has 0 saturated heterocycles. The standard InChI is InChI=1S/C52H36N2/c1-2-13-37(14-3-1)38-25-27-39(28-26-38)40-29-31-42(32-30-40)53(50-22-9-6-18-47(50)46-21-12-16-41-15-4-5-17-45(41)46)43-33-35-44(36-34-43)54-51-23-10-7-19-48(51)49-20-8-11-24-52(49)54/h1-36H. The molecule has 0 bridgehead atoms. The van der Waals surface area contributed by atoms with Crippen LogP contribution in [0.1, 0.15) is 0 Å². The van der Waals surface area contributed by atoms with Crippen molar-refractivity contribution in [1.82, 2.24) is 4.57 Å². The summed E-state index contributed by atoms with van der Waals surface area (Å²) in [5, 5.41) is 4.99. The van der Waals surface area contributed by atoms with Crippen molar-refractivity contribution in [2.24, 2.45) is 0 Å². The van der Waals surface area contributed by atoms with Crippen LogP contribution in [-0.2, 0) is 0 Å². The van der Waals surface area contributed by atoms with E-state index in [0.717, 1.165) is 22.7 Å². The highest BCUT2D eigenvalue weighted by Crippen LogP contribution is 2.43. The van der Waals surface area contributed by atoms with Crippen LogP contribution in [-0.4, -0.2) is 4.57 Å². The van der Waals surface area contributed by atoms with Gasteiger partial charge in [-0.05, 0) is 93.2 Å². The molecule has 1 aromatic heterocycles. The van der Waals surface area contributed by atoms with Gasteiger partial charge in [-0.2, -0.15) is 0 Å². The molecule has 9 aromatic carbocycles. The van der Waals surface area contributed by atoms with Gasteiger partial charge in [0.1, 0.15) is 0 Å². The van der Waals surface area contributed by atoms with Crippen LogP contribution in [0.15, 0.2) is 218 Å². The number of aromatic nitrogens is 1. The van der Waals surface area contributed by atoms with Gasteiger partial charge in [0.15, 0.2) is 0 Å². The Labute approximate surface area is 315 Å². The SMILES string of the molecule is c1ccc(-c2ccc(-c3ccc(N(c4ccc(-n5c6ccccc6c6ccccc65)cc4)c4ccccc4-c4cccc5ccccc45)cc3)cc2)cc1. The first-order valence-corrected chi connectivity index (χ1v) is 18.5. The third kappa shape index (κ3) is 5.53. The number of para-hydroxylation sites is 3. The molecule has 0 N–H and O–H groups in total. The van der Waals surface area contributed by atoms with Crippen molar-refractivity contribution in [2.75, 3.05) is 4.90 Å². The quantitative estimate of drug-likeness (QED) is 0.162. The minimum absolute atomic E-state index is 1.09. The van der Waals surface area contributed by atoms with E-state index >= 15 is 0 Å². The molecule has 0 radical (unpaired) electrons. The van der Waals surface area contributed by atoms with Crippen LogP contribution in [0.2, 0.25) is 0 Å². The summed E-state index contributed by atoms with van der Waals surface area (Å²) >= 11 is 0. The molecular weight excluding hydrogens is 653 g/mol. The highest BCUT2D eigenvalue weighted by Gasteiger charge is 2.19. The second-order valence-corrected chi connectivity index (χ2v) is 13.8. The predicted octanol–water partition coefficient (Wildman–Crippen LogP) is 14.4. The van der Waals surface area contributed by atoms with E-state index in [4.69, 9.17) is 0 Å². The Kier molecular flexibility index (Phi) is 7.85. The molecule has 0 aliphatic carbocycles. The maximum Gasteiger partial charge on any atom is 0.0541 e. The lowest BCUT2D eigenvalue weighted by Gasteiger charge is -2.28. The average Bonchev–Trinajstić information content (AvgIpc) is 3.59. The molecule has 10 rings (SSSR count). The molecule has 10 aromatic rings. The van der Waals surface area contributed by atoms with Gasteiger partial charge in [0.05, 0.1) is 16.7 Å². The van der Waals surface area contributed by atoms with E-state index in [-0.39, 0.29) is 0 Å². The smallest absolute Gasteiger partial charge is 0.0541 e. The first kappa shape index (κ1) is 31.6. The van der Waals surface area contributed by atoms with Crippen molar-refractivity contribution >= 4 is 49.6 Å². The molecule has 2 heteroatoms. The normalized spacial score (nSPS) is 11.3. The number of hydrogen-bond acceptors (Lipinski definition) is 1. The molecule has 0 atom stereocenters. The van der Waals surface area contributed by atoms with Crippen LogP contribution >= 0.6 is 0 Å². The van der Waals surface area contributed by atoms with Crippen molar-refractivity contribution < 1.29 is 0 Å². The fourth-order valence-electron chi connectivity index (χ4n) is 8.02. The minimum atomic E-state index is 1.09. The molecule has 0 unspecified atom stereocenters. The molecule has 0 aliphatic rings. The fourth-order valence-corrected chi connectivity index (χ4v) is 8.02. The van der Waals surface area contributed by atoms with Gasteiger partial charge in [0.25, 0.3) is 0 Å². The van der Waals surface area contributed by atoms with Gasteiger partial charge in [0, 0.05) is 33.4 Å². The number of nitrogens with zero attached hydrogens (tertiary/aromatic N) is 2. The Hall–Kier alpha value is -7.16. The Morgan fingerprint density at radius 1 is 0.296 bits per heavy atom. The second-order valence-electron chi connectivity index (χ2n) is 13.8. The molecule has 0 amide bonds. The molecule has 0 saturated carbocycles. The molecule has 254 valence electrons.